The first-order valence-corrected chi connectivity index (χ1v) is 9.11. The van der Waals surface area contributed by atoms with Crippen LogP contribution in [0.3, 0.4) is 0 Å². The summed E-state index contributed by atoms with van der Waals surface area (Å²) in [6.45, 7) is 1.58. The molecule has 6 nitrogen and oxygen atoms in total. The van der Waals surface area contributed by atoms with Crippen LogP contribution in [0.4, 0.5) is 5.69 Å². The summed E-state index contributed by atoms with van der Waals surface area (Å²) in [6.07, 6.45) is 4.93. The number of fused-ring (bicyclic) bond motifs is 1. The van der Waals surface area contributed by atoms with Gasteiger partial charge >= 0.3 is 0 Å². The van der Waals surface area contributed by atoms with Crippen molar-refractivity contribution >= 4 is 26.5 Å². The highest BCUT2D eigenvalue weighted by Gasteiger charge is 2.11. The molecule has 0 fully saturated rings. The maximum Gasteiger partial charge on any atom is 0.259 e. The van der Waals surface area contributed by atoms with Crippen molar-refractivity contribution < 1.29 is 8.42 Å². The number of rotatable bonds is 4. The van der Waals surface area contributed by atoms with Gasteiger partial charge in [-0.1, -0.05) is 12.1 Å². The summed E-state index contributed by atoms with van der Waals surface area (Å²) in [5, 5.41) is 1.31. The molecule has 0 bridgehead atoms. The molecule has 0 amide bonds. The van der Waals surface area contributed by atoms with E-state index < -0.39 is 10.0 Å². The van der Waals surface area contributed by atoms with Crippen LogP contribution >= 0.6 is 0 Å². The zero-order chi connectivity index (χ0) is 17.3. The Kier molecular flexibility index (Phi) is 4.11. The van der Waals surface area contributed by atoms with E-state index in [1.807, 2.05) is 6.07 Å². The molecule has 24 heavy (non-hydrogen) atoms. The number of nitrogens with one attached hydrogen (secondary N) is 1. The van der Waals surface area contributed by atoms with Crippen molar-refractivity contribution in [2.45, 2.75) is 6.92 Å². The molecule has 3 aromatic rings. The van der Waals surface area contributed by atoms with Gasteiger partial charge in [-0.2, -0.15) is 0 Å². The van der Waals surface area contributed by atoms with Crippen LogP contribution in [0.5, 0.6) is 0 Å². The maximum absolute atomic E-state index is 12.2. The Morgan fingerprint density at radius 2 is 2.00 bits per heavy atom. The summed E-state index contributed by atoms with van der Waals surface area (Å²) in [4.78, 5) is 16.3. The average Bonchev–Trinajstić information content (AvgIpc) is 2.58. The molecule has 7 heteroatoms. The smallest absolute Gasteiger partial charge is 0.259 e. The predicted octanol–water partition coefficient (Wildman–Crippen LogP) is 2.36. The minimum atomic E-state index is -3.34. The van der Waals surface area contributed by atoms with Gasteiger partial charge < -0.3 is 4.57 Å². The lowest BCUT2D eigenvalue weighted by Crippen LogP contribution is -2.17. The summed E-state index contributed by atoms with van der Waals surface area (Å²) in [6, 6.07) is 8.90. The van der Waals surface area contributed by atoms with Crippen molar-refractivity contribution in [1.29, 1.82) is 0 Å². The zero-order valence-corrected chi connectivity index (χ0v) is 14.2. The van der Waals surface area contributed by atoms with Crippen molar-refractivity contribution in [2.24, 2.45) is 7.05 Å². The Labute approximate surface area is 139 Å². The number of nitrogens with zero attached hydrogens (tertiary/aromatic N) is 2. The first kappa shape index (κ1) is 16.2. The van der Waals surface area contributed by atoms with Crippen molar-refractivity contribution in [3.05, 3.63) is 59.3 Å². The van der Waals surface area contributed by atoms with Gasteiger partial charge in [-0.05, 0) is 36.1 Å². The lowest BCUT2D eigenvalue weighted by Gasteiger charge is -2.11. The normalized spacial score (nSPS) is 11.6. The maximum atomic E-state index is 12.2. The molecule has 0 aliphatic rings. The molecular formula is C17H17N3O3S. The molecule has 124 valence electrons. The van der Waals surface area contributed by atoms with Gasteiger partial charge in [0.1, 0.15) is 0 Å². The molecular weight excluding hydrogens is 326 g/mol. The van der Waals surface area contributed by atoms with Crippen LogP contribution in [0.1, 0.15) is 6.92 Å². The second-order valence-corrected chi connectivity index (χ2v) is 7.48. The molecule has 0 saturated carbocycles. The fourth-order valence-electron chi connectivity index (χ4n) is 2.54. The van der Waals surface area contributed by atoms with Gasteiger partial charge in [0, 0.05) is 36.9 Å². The number of sulfonamides is 1. The summed E-state index contributed by atoms with van der Waals surface area (Å²) >= 11 is 0. The SMILES string of the molecule is CCS(=O)(=O)Nc1cccc(-c2cn(C)c(=O)c3cnccc23)c1. The largest absolute Gasteiger partial charge is 0.317 e. The molecule has 0 spiro atoms. The van der Waals surface area contributed by atoms with E-state index in [1.165, 1.54) is 4.57 Å². The average molecular weight is 343 g/mol. The second kappa shape index (κ2) is 6.09. The Bertz CT molecular complexity index is 1070. The molecule has 2 aromatic heterocycles. The standard InChI is InChI=1S/C17H17N3O3S/c1-3-24(22,23)19-13-6-4-5-12(9-13)16-11-20(2)17(21)15-10-18-8-7-14(15)16/h4-11,19H,3H2,1-2H3. The van der Waals surface area contributed by atoms with Crippen LogP contribution in [-0.2, 0) is 17.1 Å². The zero-order valence-electron chi connectivity index (χ0n) is 13.4. The van der Waals surface area contributed by atoms with Crippen LogP contribution < -0.4 is 10.3 Å². The Balaban J connectivity index is 2.19. The third kappa shape index (κ3) is 3.03. The highest BCUT2D eigenvalue weighted by Crippen LogP contribution is 2.28. The summed E-state index contributed by atoms with van der Waals surface area (Å²) in [5.41, 5.74) is 2.03. The van der Waals surface area contributed by atoms with E-state index in [-0.39, 0.29) is 11.3 Å². The summed E-state index contributed by atoms with van der Waals surface area (Å²) < 4.78 is 27.6. The number of hydrogen-bond acceptors (Lipinski definition) is 4. The molecule has 2 heterocycles. The lowest BCUT2D eigenvalue weighted by molar-refractivity contribution is 0.602. The fraction of sp³-hybridized carbons (Fsp3) is 0.176. The molecule has 0 radical (unpaired) electrons. The second-order valence-electron chi connectivity index (χ2n) is 5.47. The molecule has 0 atom stereocenters. The number of anilines is 1. The van der Waals surface area contributed by atoms with Gasteiger partial charge in [-0.15, -0.1) is 0 Å². The van der Waals surface area contributed by atoms with E-state index in [9.17, 15) is 13.2 Å². The lowest BCUT2D eigenvalue weighted by atomic mass is 10.0. The van der Waals surface area contributed by atoms with Gasteiger partial charge in [0.25, 0.3) is 5.56 Å². The van der Waals surface area contributed by atoms with Crippen LogP contribution in [0.15, 0.2) is 53.7 Å². The third-order valence-electron chi connectivity index (χ3n) is 3.81. The Hall–Kier alpha value is -2.67. The van der Waals surface area contributed by atoms with Crippen LogP contribution in [0.2, 0.25) is 0 Å². The molecule has 0 saturated heterocycles. The van der Waals surface area contributed by atoms with Crippen molar-refractivity contribution in [3.63, 3.8) is 0 Å². The van der Waals surface area contributed by atoms with E-state index in [0.29, 0.717) is 11.1 Å². The van der Waals surface area contributed by atoms with Crippen LogP contribution in [0, 0.1) is 0 Å². The van der Waals surface area contributed by atoms with E-state index >= 15 is 0 Å². The predicted molar refractivity (Wildman–Crippen MR) is 95.5 cm³/mol. The number of benzene rings is 1. The number of aryl methyl sites for hydroxylation is 1. The van der Waals surface area contributed by atoms with Gasteiger partial charge in [0.2, 0.25) is 10.0 Å². The molecule has 1 N–H and O–H groups in total. The topological polar surface area (TPSA) is 81.1 Å². The van der Waals surface area contributed by atoms with Gasteiger partial charge in [-0.3, -0.25) is 14.5 Å². The van der Waals surface area contributed by atoms with Crippen molar-refractivity contribution in [3.8, 4) is 11.1 Å². The minimum Gasteiger partial charge on any atom is -0.317 e. The highest BCUT2D eigenvalue weighted by molar-refractivity contribution is 7.92. The Morgan fingerprint density at radius 3 is 2.75 bits per heavy atom. The van der Waals surface area contributed by atoms with Crippen molar-refractivity contribution in [1.82, 2.24) is 9.55 Å². The minimum absolute atomic E-state index is 0.00562. The summed E-state index contributed by atoms with van der Waals surface area (Å²) in [5.74, 6) is 0.00562. The van der Waals surface area contributed by atoms with Crippen LogP contribution in [-0.4, -0.2) is 23.7 Å². The monoisotopic (exact) mass is 343 g/mol. The highest BCUT2D eigenvalue weighted by atomic mass is 32.2. The van der Waals surface area contributed by atoms with E-state index in [0.717, 1.165) is 16.5 Å². The van der Waals surface area contributed by atoms with Gasteiger partial charge in [0.05, 0.1) is 11.1 Å². The first-order valence-electron chi connectivity index (χ1n) is 7.45. The quantitative estimate of drug-likeness (QED) is 0.788. The number of pyridine rings is 2. The molecule has 0 aliphatic heterocycles. The molecule has 0 aliphatic carbocycles. The van der Waals surface area contributed by atoms with E-state index in [2.05, 4.69) is 9.71 Å². The number of hydrogen-bond donors (Lipinski definition) is 1. The van der Waals surface area contributed by atoms with Crippen LogP contribution in [0.25, 0.3) is 21.9 Å². The fourth-order valence-corrected chi connectivity index (χ4v) is 3.17. The molecule has 0 unspecified atom stereocenters. The van der Waals surface area contributed by atoms with Gasteiger partial charge in [-0.25, -0.2) is 8.42 Å². The van der Waals surface area contributed by atoms with Gasteiger partial charge in [0.15, 0.2) is 0 Å². The van der Waals surface area contributed by atoms with Crippen molar-refractivity contribution in [2.75, 3.05) is 10.5 Å². The molecule has 3 rings (SSSR count). The Morgan fingerprint density at radius 1 is 1.21 bits per heavy atom. The van der Waals surface area contributed by atoms with E-state index in [1.54, 1.807) is 56.8 Å². The van der Waals surface area contributed by atoms with E-state index in [4.69, 9.17) is 0 Å². The molecule has 1 aromatic carbocycles. The third-order valence-corrected chi connectivity index (χ3v) is 5.12. The first-order chi connectivity index (χ1) is 11.4. The number of aromatic nitrogens is 2. The summed E-state index contributed by atoms with van der Waals surface area (Å²) in [7, 11) is -1.66.